The maximum Gasteiger partial charge on any atom is 0.121 e. The van der Waals surface area contributed by atoms with Crippen molar-refractivity contribution in [3.8, 4) is 0 Å². The fourth-order valence-corrected chi connectivity index (χ4v) is 2.60. The van der Waals surface area contributed by atoms with Crippen molar-refractivity contribution in [1.82, 2.24) is 19.8 Å². The van der Waals surface area contributed by atoms with Crippen molar-refractivity contribution in [2.24, 2.45) is 0 Å². The summed E-state index contributed by atoms with van der Waals surface area (Å²) in [6.07, 6.45) is 0. The molecule has 0 bridgehead atoms. The number of H-pyrrole nitrogens is 1. The Balaban J connectivity index is 1.60. The fourth-order valence-electron chi connectivity index (χ4n) is 2.60. The molecule has 5 heteroatoms. The van der Waals surface area contributed by atoms with E-state index in [0.717, 1.165) is 56.1 Å². The molecule has 0 saturated carbocycles. The second-order valence-corrected chi connectivity index (χ2v) is 5.04. The van der Waals surface area contributed by atoms with Crippen molar-refractivity contribution >= 4 is 11.0 Å². The second kappa shape index (κ2) is 5.69. The molecule has 0 amide bonds. The van der Waals surface area contributed by atoms with Gasteiger partial charge in [0.15, 0.2) is 0 Å². The van der Waals surface area contributed by atoms with Crippen molar-refractivity contribution in [2.45, 2.75) is 6.54 Å². The van der Waals surface area contributed by atoms with E-state index in [1.807, 2.05) is 18.2 Å². The summed E-state index contributed by atoms with van der Waals surface area (Å²) in [7, 11) is 0. The summed E-state index contributed by atoms with van der Waals surface area (Å²) < 4.78 is 0. The number of aromatic nitrogens is 2. The number of nitrogens with one attached hydrogen (secondary N) is 1. The fraction of sp³-hybridized carbons (Fsp3) is 0.500. The largest absolute Gasteiger partial charge is 0.395 e. The quantitative estimate of drug-likeness (QED) is 0.848. The Morgan fingerprint density at radius 3 is 2.58 bits per heavy atom. The molecule has 1 aliphatic heterocycles. The van der Waals surface area contributed by atoms with Crippen LogP contribution in [0.5, 0.6) is 0 Å². The van der Waals surface area contributed by atoms with Gasteiger partial charge in [-0.2, -0.15) is 0 Å². The molecular formula is C14H20N4O. The molecule has 1 aromatic heterocycles. The van der Waals surface area contributed by atoms with Crippen LogP contribution in [0.3, 0.4) is 0 Å². The number of para-hydroxylation sites is 2. The van der Waals surface area contributed by atoms with E-state index < -0.39 is 0 Å². The summed E-state index contributed by atoms with van der Waals surface area (Å²) in [6.45, 7) is 6.05. The zero-order chi connectivity index (χ0) is 13.1. The van der Waals surface area contributed by atoms with Gasteiger partial charge in [-0.25, -0.2) is 4.98 Å². The first-order valence-corrected chi connectivity index (χ1v) is 6.84. The Bertz CT molecular complexity index is 498. The van der Waals surface area contributed by atoms with Gasteiger partial charge in [-0.05, 0) is 12.1 Å². The smallest absolute Gasteiger partial charge is 0.121 e. The van der Waals surface area contributed by atoms with Gasteiger partial charge in [0.05, 0.1) is 24.2 Å². The summed E-state index contributed by atoms with van der Waals surface area (Å²) in [5.41, 5.74) is 2.15. The molecule has 3 rings (SSSR count). The van der Waals surface area contributed by atoms with Crippen LogP contribution < -0.4 is 0 Å². The number of benzene rings is 1. The third kappa shape index (κ3) is 2.94. The molecule has 1 aromatic carbocycles. The number of aliphatic hydroxyl groups is 1. The standard InChI is InChI=1S/C14H20N4O/c19-10-9-17-5-7-18(8-6-17)11-14-15-12-3-1-2-4-13(12)16-14/h1-4,19H,5-11H2,(H,15,16). The summed E-state index contributed by atoms with van der Waals surface area (Å²) in [5.74, 6) is 1.04. The van der Waals surface area contributed by atoms with Crippen LogP contribution in [-0.4, -0.2) is 64.2 Å². The van der Waals surface area contributed by atoms with Gasteiger partial charge in [-0.1, -0.05) is 12.1 Å². The monoisotopic (exact) mass is 260 g/mol. The molecule has 5 nitrogen and oxygen atoms in total. The van der Waals surface area contributed by atoms with Crippen molar-refractivity contribution in [1.29, 1.82) is 0 Å². The number of fused-ring (bicyclic) bond motifs is 1. The van der Waals surface area contributed by atoms with Gasteiger partial charge in [-0.3, -0.25) is 9.80 Å². The average Bonchev–Trinajstić information content (AvgIpc) is 2.83. The maximum atomic E-state index is 8.93. The minimum atomic E-state index is 0.254. The SMILES string of the molecule is OCCN1CCN(Cc2nc3ccccc3[nH]2)CC1. The Morgan fingerprint density at radius 1 is 1.11 bits per heavy atom. The number of rotatable bonds is 4. The Labute approximate surface area is 112 Å². The van der Waals surface area contributed by atoms with E-state index in [9.17, 15) is 0 Å². The lowest BCUT2D eigenvalue weighted by molar-refractivity contribution is 0.107. The van der Waals surface area contributed by atoms with Gasteiger partial charge in [0.1, 0.15) is 5.82 Å². The number of imidazole rings is 1. The molecule has 2 N–H and O–H groups in total. The van der Waals surface area contributed by atoms with Gasteiger partial charge < -0.3 is 10.1 Å². The molecule has 0 unspecified atom stereocenters. The number of hydrogen-bond donors (Lipinski definition) is 2. The van der Waals surface area contributed by atoms with Crippen LogP contribution in [0.1, 0.15) is 5.82 Å². The lowest BCUT2D eigenvalue weighted by Gasteiger charge is -2.33. The maximum absolute atomic E-state index is 8.93. The molecule has 1 saturated heterocycles. The van der Waals surface area contributed by atoms with E-state index in [1.54, 1.807) is 0 Å². The minimum Gasteiger partial charge on any atom is -0.395 e. The Morgan fingerprint density at radius 2 is 1.84 bits per heavy atom. The lowest BCUT2D eigenvalue weighted by Crippen LogP contribution is -2.46. The molecule has 0 spiro atoms. The highest BCUT2D eigenvalue weighted by molar-refractivity contribution is 5.74. The van der Waals surface area contributed by atoms with Crippen LogP contribution in [0.15, 0.2) is 24.3 Å². The highest BCUT2D eigenvalue weighted by Crippen LogP contribution is 2.12. The molecule has 1 aliphatic rings. The van der Waals surface area contributed by atoms with E-state index in [2.05, 4.69) is 25.8 Å². The highest BCUT2D eigenvalue weighted by Gasteiger charge is 2.17. The van der Waals surface area contributed by atoms with Crippen LogP contribution in [0.4, 0.5) is 0 Å². The molecule has 102 valence electrons. The number of aliphatic hydroxyl groups excluding tert-OH is 1. The van der Waals surface area contributed by atoms with Crippen molar-refractivity contribution < 1.29 is 5.11 Å². The topological polar surface area (TPSA) is 55.4 Å². The first kappa shape index (κ1) is 12.6. The van der Waals surface area contributed by atoms with E-state index in [-0.39, 0.29) is 6.61 Å². The molecule has 0 radical (unpaired) electrons. The second-order valence-electron chi connectivity index (χ2n) is 5.04. The van der Waals surface area contributed by atoms with Gasteiger partial charge in [0.2, 0.25) is 0 Å². The van der Waals surface area contributed by atoms with E-state index in [4.69, 9.17) is 5.11 Å². The minimum absolute atomic E-state index is 0.254. The van der Waals surface area contributed by atoms with Gasteiger partial charge in [0.25, 0.3) is 0 Å². The molecule has 19 heavy (non-hydrogen) atoms. The van der Waals surface area contributed by atoms with Crippen LogP contribution in [0, 0.1) is 0 Å². The predicted molar refractivity (Wildman–Crippen MR) is 74.9 cm³/mol. The first-order valence-electron chi connectivity index (χ1n) is 6.84. The number of nitrogens with zero attached hydrogens (tertiary/aromatic N) is 3. The highest BCUT2D eigenvalue weighted by atomic mass is 16.3. The van der Waals surface area contributed by atoms with Gasteiger partial charge >= 0.3 is 0 Å². The van der Waals surface area contributed by atoms with Crippen molar-refractivity contribution in [2.75, 3.05) is 39.3 Å². The number of aromatic amines is 1. The zero-order valence-corrected chi connectivity index (χ0v) is 11.0. The third-order valence-electron chi connectivity index (χ3n) is 3.69. The predicted octanol–water partition coefficient (Wildman–Crippen LogP) is 0.673. The zero-order valence-electron chi connectivity index (χ0n) is 11.0. The number of piperazine rings is 1. The Kier molecular flexibility index (Phi) is 3.77. The number of β-amino-alcohol motifs (C(OH)–C–C–N with tert-alkyl or cyclic N) is 1. The van der Waals surface area contributed by atoms with Crippen molar-refractivity contribution in [3.63, 3.8) is 0 Å². The first-order chi connectivity index (χ1) is 9.35. The summed E-state index contributed by atoms with van der Waals surface area (Å²) in [5, 5.41) is 8.93. The van der Waals surface area contributed by atoms with E-state index >= 15 is 0 Å². The van der Waals surface area contributed by atoms with Crippen LogP contribution in [0.2, 0.25) is 0 Å². The molecule has 0 aliphatic carbocycles. The molecule has 2 aromatic rings. The average molecular weight is 260 g/mol. The summed E-state index contributed by atoms with van der Waals surface area (Å²) in [6, 6.07) is 8.14. The van der Waals surface area contributed by atoms with Crippen molar-refractivity contribution in [3.05, 3.63) is 30.1 Å². The van der Waals surface area contributed by atoms with E-state index in [0.29, 0.717) is 0 Å². The molecular weight excluding hydrogens is 240 g/mol. The van der Waals surface area contributed by atoms with E-state index in [1.165, 1.54) is 0 Å². The number of hydrogen-bond acceptors (Lipinski definition) is 4. The van der Waals surface area contributed by atoms with Gasteiger partial charge in [-0.15, -0.1) is 0 Å². The molecule has 1 fully saturated rings. The lowest BCUT2D eigenvalue weighted by atomic mass is 10.3. The molecule has 0 atom stereocenters. The van der Waals surface area contributed by atoms with Crippen LogP contribution in [0.25, 0.3) is 11.0 Å². The third-order valence-corrected chi connectivity index (χ3v) is 3.69. The molecule has 2 heterocycles. The van der Waals surface area contributed by atoms with Crippen LogP contribution >= 0.6 is 0 Å². The normalized spacial score (nSPS) is 18.2. The summed E-state index contributed by atoms with van der Waals surface area (Å²) >= 11 is 0. The van der Waals surface area contributed by atoms with Crippen LogP contribution in [-0.2, 0) is 6.54 Å². The van der Waals surface area contributed by atoms with Gasteiger partial charge in [0, 0.05) is 32.7 Å². The summed E-state index contributed by atoms with van der Waals surface area (Å²) in [4.78, 5) is 12.7. The Hall–Kier alpha value is -1.43.